The second kappa shape index (κ2) is 9.77. The molecule has 0 spiro atoms. The Balaban J connectivity index is 3.98. The van der Waals surface area contributed by atoms with Crippen molar-refractivity contribution in [3.63, 3.8) is 0 Å². The number of hydrogen-bond donors (Lipinski definition) is 1. The fourth-order valence-corrected chi connectivity index (χ4v) is 2.60. The molecular weight excluding hydrogens is 232 g/mol. The summed E-state index contributed by atoms with van der Waals surface area (Å²) in [5, 5.41) is 0. The number of rotatable bonds is 9. The third kappa shape index (κ3) is 6.94. The minimum Gasteiger partial charge on any atom is -0.342 e. The van der Waals surface area contributed by atoms with E-state index in [9.17, 15) is 4.79 Å². The van der Waals surface area contributed by atoms with E-state index in [1.807, 2.05) is 11.9 Å². The summed E-state index contributed by atoms with van der Waals surface area (Å²) in [6, 6.07) is 0.326. The van der Waals surface area contributed by atoms with Crippen LogP contribution in [0.1, 0.15) is 39.5 Å². The highest BCUT2D eigenvalue weighted by molar-refractivity contribution is 7.98. The lowest BCUT2D eigenvalue weighted by Crippen LogP contribution is -2.36. The molecular formula is C13H28N2OS. The molecule has 0 fully saturated rings. The number of hydrogen-bond acceptors (Lipinski definition) is 3. The Labute approximate surface area is 111 Å². The summed E-state index contributed by atoms with van der Waals surface area (Å²) in [6.45, 7) is 5.00. The number of carbonyl (C=O) groups excluding carboxylic acids is 1. The van der Waals surface area contributed by atoms with Crippen molar-refractivity contribution < 1.29 is 4.79 Å². The molecule has 0 aromatic rings. The first-order valence-corrected chi connectivity index (χ1v) is 7.90. The van der Waals surface area contributed by atoms with Gasteiger partial charge in [-0.3, -0.25) is 4.79 Å². The quantitative estimate of drug-likeness (QED) is 0.692. The predicted octanol–water partition coefficient (Wildman–Crippen LogP) is 2.35. The largest absolute Gasteiger partial charge is 0.342 e. The van der Waals surface area contributed by atoms with Crippen molar-refractivity contribution >= 4 is 17.7 Å². The fourth-order valence-electron chi connectivity index (χ4n) is 1.89. The molecule has 2 unspecified atom stereocenters. The molecule has 2 atom stereocenters. The zero-order valence-electron chi connectivity index (χ0n) is 11.7. The summed E-state index contributed by atoms with van der Waals surface area (Å²) in [7, 11) is 1.91. The SMILES string of the molecule is CCC(CCN)CCC(=O)N(C)C(C)CSC. The molecule has 0 bridgehead atoms. The number of carbonyl (C=O) groups is 1. The van der Waals surface area contributed by atoms with Gasteiger partial charge in [0.15, 0.2) is 0 Å². The molecule has 0 aromatic carbocycles. The highest BCUT2D eigenvalue weighted by Crippen LogP contribution is 2.16. The second-order valence-electron chi connectivity index (χ2n) is 4.70. The van der Waals surface area contributed by atoms with Crippen LogP contribution in [0.3, 0.4) is 0 Å². The van der Waals surface area contributed by atoms with Crippen LogP contribution in [0.5, 0.6) is 0 Å². The van der Waals surface area contributed by atoms with E-state index < -0.39 is 0 Å². The van der Waals surface area contributed by atoms with Crippen LogP contribution in [0.4, 0.5) is 0 Å². The Morgan fingerprint density at radius 1 is 1.41 bits per heavy atom. The summed E-state index contributed by atoms with van der Waals surface area (Å²) in [6.07, 6.45) is 5.86. The zero-order valence-corrected chi connectivity index (χ0v) is 12.6. The van der Waals surface area contributed by atoms with Crippen LogP contribution in [0.15, 0.2) is 0 Å². The molecule has 0 saturated carbocycles. The van der Waals surface area contributed by atoms with Gasteiger partial charge in [-0.15, -0.1) is 0 Å². The molecule has 0 aliphatic heterocycles. The Hall–Kier alpha value is -0.220. The predicted molar refractivity (Wildman–Crippen MR) is 77.3 cm³/mol. The number of nitrogens with zero attached hydrogens (tertiary/aromatic N) is 1. The van der Waals surface area contributed by atoms with Gasteiger partial charge in [-0.05, 0) is 38.5 Å². The van der Waals surface area contributed by atoms with Gasteiger partial charge in [0.2, 0.25) is 5.91 Å². The summed E-state index contributed by atoms with van der Waals surface area (Å²) in [5.74, 6) is 1.87. The minimum atomic E-state index is 0.266. The molecule has 0 aromatic heterocycles. The molecule has 1 amide bonds. The first-order chi connectivity index (χ1) is 8.06. The Bertz CT molecular complexity index is 212. The van der Waals surface area contributed by atoms with Crippen molar-refractivity contribution in [3.05, 3.63) is 0 Å². The first-order valence-electron chi connectivity index (χ1n) is 6.51. The summed E-state index contributed by atoms with van der Waals surface area (Å²) < 4.78 is 0. The van der Waals surface area contributed by atoms with Crippen molar-refractivity contribution in [1.82, 2.24) is 4.90 Å². The van der Waals surface area contributed by atoms with Gasteiger partial charge in [-0.1, -0.05) is 13.3 Å². The maximum atomic E-state index is 12.0. The van der Waals surface area contributed by atoms with Crippen LogP contribution in [0, 0.1) is 5.92 Å². The Kier molecular flexibility index (Phi) is 9.65. The van der Waals surface area contributed by atoms with Crippen molar-refractivity contribution in [2.45, 2.75) is 45.6 Å². The first kappa shape index (κ1) is 16.8. The van der Waals surface area contributed by atoms with Gasteiger partial charge in [-0.25, -0.2) is 0 Å². The van der Waals surface area contributed by atoms with E-state index in [0.717, 1.165) is 31.6 Å². The Morgan fingerprint density at radius 2 is 2.06 bits per heavy atom. The smallest absolute Gasteiger partial charge is 0.222 e. The van der Waals surface area contributed by atoms with Crippen molar-refractivity contribution in [2.75, 3.05) is 25.6 Å². The molecule has 4 heteroatoms. The van der Waals surface area contributed by atoms with E-state index in [4.69, 9.17) is 5.73 Å². The van der Waals surface area contributed by atoms with Crippen LogP contribution in [0.2, 0.25) is 0 Å². The van der Waals surface area contributed by atoms with E-state index in [1.54, 1.807) is 11.8 Å². The molecule has 3 nitrogen and oxygen atoms in total. The van der Waals surface area contributed by atoms with Gasteiger partial charge >= 0.3 is 0 Å². The maximum absolute atomic E-state index is 12.0. The van der Waals surface area contributed by atoms with Crippen molar-refractivity contribution in [1.29, 1.82) is 0 Å². The maximum Gasteiger partial charge on any atom is 0.222 e. The lowest BCUT2D eigenvalue weighted by molar-refractivity contribution is -0.131. The molecule has 17 heavy (non-hydrogen) atoms. The minimum absolute atomic E-state index is 0.266. The van der Waals surface area contributed by atoms with E-state index in [-0.39, 0.29) is 5.91 Å². The van der Waals surface area contributed by atoms with Crippen LogP contribution in [-0.2, 0) is 4.79 Å². The summed E-state index contributed by atoms with van der Waals surface area (Å²) in [5.41, 5.74) is 5.56. The van der Waals surface area contributed by atoms with Crippen molar-refractivity contribution in [2.24, 2.45) is 11.7 Å². The van der Waals surface area contributed by atoms with E-state index in [2.05, 4.69) is 20.1 Å². The van der Waals surface area contributed by atoms with Crippen LogP contribution < -0.4 is 5.73 Å². The van der Waals surface area contributed by atoms with E-state index in [1.165, 1.54) is 0 Å². The number of thioether (sulfide) groups is 1. The lowest BCUT2D eigenvalue weighted by atomic mass is 9.96. The molecule has 2 N–H and O–H groups in total. The van der Waals surface area contributed by atoms with Crippen LogP contribution in [0.25, 0.3) is 0 Å². The zero-order chi connectivity index (χ0) is 13.3. The molecule has 0 heterocycles. The van der Waals surface area contributed by atoms with Gasteiger partial charge in [0, 0.05) is 25.3 Å². The second-order valence-corrected chi connectivity index (χ2v) is 5.61. The average Bonchev–Trinajstić information content (AvgIpc) is 2.33. The van der Waals surface area contributed by atoms with Gasteiger partial charge in [0.05, 0.1) is 0 Å². The number of amides is 1. The van der Waals surface area contributed by atoms with E-state index >= 15 is 0 Å². The van der Waals surface area contributed by atoms with Crippen LogP contribution >= 0.6 is 11.8 Å². The average molecular weight is 260 g/mol. The molecule has 0 saturated heterocycles. The Morgan fingerprint density at radius 3 is 2.53 bits per heavy atom. The normalized spacial score (nSPS) is 14.4. The van der Waals surface area contributed by atoms with Crippen molar-refractivity contribution in [3.8, 4) is 0 Å². The third-order valence-corrected chi connectivity index (χ3v) is 4.20. The lowest BCUT2D eigenvalue weighted by Gasteiger charge is -2.25. The molecule has 0 radical (unpaired) electrons. The highest BCUT2D eigenvalue weighted by Gasteiger charge is 2.16. The standard InChI is InChI=1S/C13H28N2OS/c1-5-12(8-9-14)6-7-13(16)15(3)11(2)10-17-4/h11-12H,5-10,14H2,1-4H3. The molecule has 0 aliphatic carbocycles. The number of nitrogens with two attached hydrogens (primary N) is 1. The summed E-state index contributed by atoms with van der Waals surface area (Å²) in [4.78, 5) is 13.8. The molecule has 0 aliphatic rings. The molecule has 0 rings (SSSR count). The van der Waals surface area contributed by atoms with Crippen LogP contribution in [-0.4, -0.2) is 42.4 Å². The monoisotopic (exact) mass is 260 g/mol. The van der Waals surface area contributed by atoms with Gasteiger partial charge in [0.1, 0.15) is 0 Å². The van der Waals surface area contributed by atoms with Gasteiger partial charge < -0.3 is 10.6 Å². The van der Waals surface area contributed by atoms with E-state index in [0.29, 0.717) is 18.4 Å². The third-order valence-electron chi connectivity index (χ3n) is 3.38. The molecule has 102 valence electrons. The fraction of sp³-hybridized carbons (Fsp3) is 0.923. The summed E-state index contributed by atoms with van der Waals surface area (Å²) >= 11 is 1.78. The van der Waals surface area contributed by atoms with Gasteiger partial charge in [-0.2, -0.15) is 11.8 Å². The highest BCUT2D eigenvalue weighted by atomic mass is 32.2. The topological polar surface area (TPSA) is 46.3 Å². The van der Waals surface area contributed by atoms with Gasteiger partial charge in [0.25, 0.3) is 0 Å².